The second kappa shape index (κ2) is 12.6. The van der Waals surface area contributed by atoms with E-state index >= 15 is 0 Å². The molecule has 9 nitrogen and oxygen atoms in total. The summed E-state index contributed by atoms with van der Waals surface area (Å²) >= 11 is 0. The highest BCUT2D eigenvalue weighted by Gasteiger charge is 2.30. The summed E-state index contributed by atoms with van der Waals surface area (Å²) in [5, 5.41) is 0. The molecule has 2 heterocycles. The van der Waals surface area contributed by atoms with E-state index in [1.807, 2.05) is 47.6 Å². The third-order valence-corrected chi connectivity index (χ3v) is 4.74. The molecule has 2 atom stereocenters. The van der Waals surface area contributed by atoms with Crippen molar-refractivity contribution >= 4 is 24.4 Å². The van der Waals surface area contributed by atoms with Crippen molar-refractivity contribution < 1.29 is 33.4 Å². The zero-order chi connectivity index (χ0) is 25.2. The van der Waals surface area contributed by atoms with Crippen LogP contribution in [0.2, 0.25) is 0 Å². The number of ether oxygens (including phenoxy) is 3. The molecule has 0 spiro atoms. The third-order valence-electron chi connectivity index (χ3n) is 4.74. The normalized spacial score (nSPS) is 20.8. The van der Waals surface area contributed by atoms with Gasteiger partial charge in [-0.3, -0.25) is 0 Å². The van der Waals surface area contributed by atoms with Gasteiger partial charge in [0.25, 0.3) is 0 Å². The van der Waals surface area contributed by atoms with Gasteiger partial charge in [0, 0.05) is 38.2 Å². The molecule has 0 aromatic carbocycles. The van der Waals surface area contributed by atoms with Crippen LogP contribution in [-0.4, -0.2) is 78.2 Å². The van der Waals surface area contributed by atoms with Crippen LogP contribution in [0.15, 0.2) is 12.2 Å². The van der Waals surface area contributed by atoms with Gasteiger partial charge in [-0.25, -0.2) is 14.4 Å². The van der Waals surface area contributed by atoms with Crippen molar-refractivity contribution in [3.63, 3.8) is 0 Å². The predicted molar refractivity (Wildman–Crippen MR) is 124 cm³/mol. The first-order valence-electron chi connectivity index (χ1n) is 11.5. The van der Waals surface area contributed by atoms with Crippen LogP contribution in [0.25, 0.3) is 0 Å². The first-order valence-corrected chi connectivity index (χ1v) is 11.5. The number of likely N-dealkylation sites (tertiary alicyclic amines) is 2. The number of amides is 2. The van der Waals surface area contributed by atoms with Crippen molar-refractivity contribution in [2.75, 3.05) is 32.8 Å². The van der Waals surface area contributed by atoms with E-state index in [1.54, 1.807) is 16.7 Å². The lowest BCUT2D eigenvalue weighted by atomic mass is 10.1. The Morgan fingerprint density at radius 1 is 0.848 bits per heavy atom. The number of esters is 1. The average Bonchev–Trinajstić information content (AvgIpc) is 3.34. The van der Waals surface area contributed by atoms with Gasteiger partial charge >= 0.3 is 18.2 Å². The van der Waals surface area contributed by atoms with Crippen molar-refractivity contribution in [2.24, 2.45) is 11.8 Å². The van der Waals surface area contributed by atoms with Crippen LogP contribution in [-0.2, 0) is 23.8 Å². The summed E-state index contributed by atoms with van der Waals surface area (Å²) in [7, 11) is 0. The minimum atomic E-state index is -0.476. The lowest BCUT2D eigenvalue weighted by molar-refractivity contribution is -0.137. The summed E-state index contributed by atoms with van der Waals surface area (Å²) in [6.07, 6.45) is 5.14. The first-order chi connectivity index (χ1) is 15.2. The zero-order valence-electron chi connectivity index (χ0n) is 21.1. The Morgan fingerprint density at radius 2 is 1.30 bits per heavy atom. The minimum absolute atomic E-state index is 0.0116. The van der Waals surface area contributed by atoms with E-state index in [-0.39, 0.29) is 30.0 Å². The van der Waals surface area contributed by atoms with Gasteiger partial charge in [-0.1, -0.05) is 6.08 Å². The van der Waals surface area contributed by atoms with Crippen LogP contribution in [0.1, 0.15) is 61.3 Å². The van der Waals surface area contributed by atoms with Crippen molar-refractivity contribution in [3.8, 4) is 0 Å². The standard InChI is InChI=1S/C14H23NO4.C10H17NO3/c1-5-18-12(16)7-6-11-8-9-15(10-11)13(17)19-14(2,3)4;1-10(2,3)14-9(13)11-5-4-8(6-11)7-12/h6-7,11H,5,8-10H2,1-4H3;7-8H,4-6H2,1-3H3/b7-6+;/t11-;8-/m00/s1. The SMILES string of the molecule is CC(C)(C)OC(=O)N1CC[C@H](C=O)C1.CCOC(=O)/C=C/[C@H]1CCN(C(=O)OC(C)(C)C)C1. The maximum Gasteiger partial charge on any atom is 0.410 e. The number of carbonyl (C=O) groups is 4. The molecule has 0 aromatic heterocycles. The van der Waals surface area contributed by atoms with Gasteiger partial charge in [-0.2, -0.15) is 0 Å². The van der Waals surface area contributed by atoms with Gasteiger partial charge in [-0.05, 0) is 67.2 Å². The number of carbonyl (C=O) groups excluding carboxylic acids is 4. The molecule has 0 unspecified atom stereocenters. The summed E-state index contributed by atoms with van der Waals surface area (Å²) in [6, 6.07) is 0. The molecule has 188 valence electrons. The molecule has 9 heteroatoms. The lowest BCUT2D eigenvalue weighted by Gasteiger charge is -2.24. The van der Waals surface area contributed by atoms with E-state index in [9.17, 15) is 19.2 Å². The number of hydrogen-bond acceptors (Lipinski definition) is 7. The summed E-state index contributed by atoms with van der Waals surface area (Å²) in [5.74, 6) is -0.155. The van der Waals surface area contributed by atoms with Gasteiger partial charge in [0.2, 0.25) is 0 Å². The van der Waals surface area contributed by atoms with Crippen LogP contribution < -0.4 is 0 Å². The Balaban J connectivity index is 0.000000346. The fourth-order valence-electron chi connectivity index (χ4n) is 3.23. The first kappa shape index (κ1) is 28.5. The molecule has 0 aromatic rings. The Morgan fingerprint density at radius 3 is 1.70 bits per heavy atom. The molecule has 0 bridgehead atoms. The van der Waals surface area contributed by atoms with E-state index in [4.69, 9.17) is 14.2 Å². The van der Waals surface area contributed by atoms with E-state index in [1.165, 1.54) is 6.08 Å². The molecular formula is C24H40N2O7. The highest BCUT2D eigenvalue weighted by Crippen LogP contribution is 2.20. The van der Waals surface area contributed by atoms with Gasteiger partial charge in [0.1, 0.15) is 17.5 Å². The lowest BCUT2D eigenvalue weighted by Crippen LogP contribution is -2.35. The van der Waals surface area contributed by atoms with Crippen molar-refractivity contribution in [1.82, 2.24) is 9.80 Å². The average molecular weight is 469 g/mol. The molecule has 0 radical (unpaired) electrons. The number of hydrogen-bond donors (Lipinski definition) is 0. The van der Waals surface area contributed by atoms with Crippen molar-refractivity contribution in [1.29, 1.82) is 0 Å². The fraction of sp³-hybridized carbons (Fsp3) is 0.750. The largest absolute Gasteiger partial charge is 0.463 e. The van der Waals surface area contributed by atoms with E-state index in [2.05, 4.69) is 0 Å². The molecule has 2 amide bonds. The second-order valence-electron chi connectivity index (χ2n) is 10.2. The van der Waals surface area contributed by atoms with Crippen LogP contribution >= 0.6 is 0 Å². The van der Waals surface area contributed by atoms with Crippen LogP contribution in [0.3, 0.4) is 0 Å². The van der Waals surface area contributed by atoms with Gasteiger partial charge < -0.3 is 28.8 Å². The summed E-state index contributed by atoms with van der Waals surface area (Å²) in [4.78, 5) is 48.3. The molecule has 2 rings (SSSR count). The Bertz CT molecular complexity index is 707. The maximum absolute atomic E-state index is 11.8. The van der Waals surface area contributed by atoms with E-state index < -0.39 is 11.2 Å². The Kier molecular flexibility index (Phi) is 10.9. The Labute approximate surface area is 197 Å². The topological polar surface area (TPSA) is 102 Å². The molecule has 33 heavy (non-hydrogen) atoms. The quantitative estimate of drug-likeness (QED) is 0.268. The van der Waals surface area contributed by atoms with Crippen LogP contribution in [0.4, 0.5) is 9.59 Å². The van der Waals surface area contributed by atoms with Crippen molar-refractivity contribution in [3.05, 3.63) is 12.2 Å². The molecule has 0 saturated carbocycles. The fourth-order valence-corrected chi connectivity index (χ4v) is 3.23. The summed E-state index contributed by atoms with van der Waals surface area (Å²) < 4.78 is 15.3. The minimum Gasteiger partial charge on any atom is -0.463 e. The number of aldehydes is 1. The predicted octanol–water partition coefficient (Wildman–Crippen LogP) is 3.81. The summed E-state index contributed by atoms with van der Waals surface area (Å²) in [5.41, 5.74) is -0.938. The molecule has 2 aliphatic heterocycles. The van der Waals surface area contributed by atoms with E-state index in [0.29, 0.717) is 32.8 Å². The van der Waals surface area contributed by atoms with E-state index in [0.717, 1.165) is 19.1 Å². The van der Waals surface area contributed by atoms with Gasteiger partial charge in [-0.15, -0.1) is 0 Å². The van der Waals surface area contributed by atoms with Crippen molar-refractivity contribution in [2.45, 2.75) is 72.5 Å². The molecule has 2 saturated heterocycles. The van der Waals surface area contributed by atoms with Gasteiger partial charge in [0.15, 0.2) is 0 Å². The highest BCUT2D eigenvalue weighted by atomic mass is 16.6. The Hall–Kier alpha value is -2.58. The summed E-state index contributed by atoms with van der Waals surface area (Å²) in [6.45, 7) is 15.5. The zero-order valence-corrected chi connectivity index (χ0v) is 21.1. The molecule has 0 aliphatic carbocycles. The molecular weight excluding hydrogens is 428 g/mol. The number of rotatable bonds is 4. The van der Waals surface area contributed by atoms with Crippen LogP contribution in [0.5, 0.6) is 0 Å². The second-order valence-corrected chi connectivity index (χ2v) is 10.2. The highest BCUT2D eigenvalue weighted by molar-refractivity contribution is 5.81. The molecule has 2 aliphatic rings. The number of nitrogens with zero attached hydrogens (tertiary/aromatic N) is 2. The van der Waals surface area contributed by atoms with Crippen LogP contribution in [0, 0.1) is 11.8 Å². The maximum atomic E-state index is 11.8. The smallest absolute Gasteiger partial charge is 0.410 e. The monoisotopic (exact) mass is 468 g/mol. The molecule has 2 fully saturated rings. The molecule has 0 N–H and O–H groups in total. The van der Waals surface area contributed by atoms with Gasteiger partial charge in [0.05, 0.1) is 6.61 Å². The third kappa shape index (κ3) is 11.7.